The lowest BCUT2D eigenvalue weighted by molar-refractivity contribution is -0.140. The molecule has 0 aliphatic rings. The van der Waals surface area contributed by atoms with E-state index in [4.69, 9.17) is 5.73 Å². The van der Waals surface area contributed by atoms with Crippen molar-refractivity contribution in [1.29, 1.82) is 0 Å². The highest BCUT2D eigenvalue weighted by Gasteiger charge is 2.29. The molecule has 0 heterocycles. The number of nitrogens with zero attached hydrogens (tertiary/aromatic N) is 1. The number of hydrogen-bond acceptors (Lipinski definition) is 5. The summed E-state index contributed by atoms with van der Waals surface area (Å²) in [5.41, 5.74) is 7.28. The van der Waals surface area contributed by atoms with E-state index in [0.29, 0.717) is 16.8 Å². The molecule has 2 N–H and O–H groups in total. The Morgan fingerprint density at radius 1 is 1.35 bits per heavy atom. The third-order valence-corrected chi connectivity index (χ3v) is 5.34. The lowest BCUT2D eigenvalue weighted by Crippen LogP contribution is -2.36. The molecule has 1 aromatic rings. The number of carbonyl (C=O) groups excluding carboxylic acids is 1. The van der Waals surface area contributed by atoms with Gasteiger partial charge in [0.15, 0.2) is 0 Å². The first-order chi connectivity index (χ1) is 9.25. The Morgan fingerprint density at radius 3 is 2.45 bits per heavy atom. The summed E-state index contributed by atoms with van der Waals surface area (Å²) in [7, 11) is -2.57. The molecule has 6 nitrogen and oxygen atoms in total. The van der Waals surface area contributed by atoms with E-state index in [1.807, 2.05) is 0 Å². The van der Waals surface area contributed by atoms with Crippen LogP contribution in [0.3, 0.4) is 0 Å². The summed E-state index contributed by atoms with van der Waals surface area (Å²) in [6.07, 6.45) is 0. The molecule has 0 aliphatic heterocycles. The molecule has 20 heavy (non-hydrogen) atoms. The number of ether oxygens (including phenoxy) is 1. The van der Waals surface area contributed by atoms with Crippen LogP contribution in [0.1, 0.15) is 18.1 Å². The van der Waals surface area contributed by atoms with E-state index in [0.717, 1.165) is 4.31 Å². The number of methoxy groups -OCH3 is 1. The molecule has 0 aromatic heterocycles. The molecule has 0 aliphatic carbocycles. The van der Waals surface area contributed by atoms with Crippen LogP contribution in [0.5, 0.6) is 0 Å². The van der Waals surface area contributed by atoms with Gasteiger partial charge in [-0.1, -0.05) is 13.0 Å². The summed E-state index contributed by atoms with van der Waals surface area (Å²) in [4.78, 5) is 11.5. The van der Waals surface area contributed by atoms with Gasteiger partial charge in [-0.15, -0.1) is 0 Å². The fourth-order valence-electron chi connectivity index (χ4n) is 1.94. The number of hydrogen-bond donors (Lipinski definition) is 1. The van der Waals surface area contributed by atoms with Crippen molar-refractivity contribution < 1.29 is 17.9 Å². The first kappa shape index (κ1) is 16.5. The monoisotopic (exact) mass is 300 g/mol. The molecule has 0 bridgehead atoms. The second kappa shape index (κ2) is 6.23. The van der Waals surface area contributed by atoms with E-state index < -0.39 is 16.0 Å². The zero-order chi connectivity index (χ0) is 15.5. The number of sulfonamides is 1. The summed E-state index contributed by atoms with van der Waals surface area (Å²) < 4.78 is 30.9. The van der Waals surface area contributed by atoms with E-state index in [1.165, 1.54) is 7.11 Å². The molecule has 0 saturated heterocycles. The van der Waals surface area contributed by atoms with Crippen LogP contribution in [0.4, 0.5) is 5.69 Å². The van der Waals surface area contributed by atoms with Crippen LogP contribution in [-0.4, -0.2) is 38.9 Å². The first-order valence-corrected chi connectivity index (χ1v) is 7.62. The van der Waals surface area contributed by atoms with E-state index >= 15 is 0 Å². The third kappa shape index (κ3) is 3.10. The van der Waals surface area contributed by atoms with Crippen LogP contribution in [0.25, 0.3) is 0 Å². The summed E-state index contributed by atoms with van der Waals surface area (Å²) in [6, 6.07) is 3.32. The van der Waals surface area contributed by atoms with Crippen molar-refractivity contribution in [3.8, 4) is 0 Å². The van der Waals surface area contributed by atoms with Gasteiger partial charge in [-0.05, 0) is 31.0 Å². The number of nitrogens with two attached hydrogens (primary N) is 1. The number of likely N-dealkylation sites (N-methyl/N-ethyl adjacent to an activating group) is 1. The van der Waals surface area contributed by atoms with E-state index in [-0.39, 0.29) is 18.0 Å². The van der Waals surface area contributed by atoms with Gasteiger partial charge in [-0.2, -0.15) is 4.31 Å². The molecule has 1 aromatic carbocycles. The minimum Gasteiger partial charge on any atom is -0.468 e. The van der Waals surface area contributed by atoms with E-state index in [2.05, 4.69) is 4.74 Å². The molecular weight excluding hydrogens is 280 g/mol. The molecule has 0 radical (unpaired) electrons. The summed E-state index contributed by atoms with van der Waals surface area (Å²) in [5, 5.41) is 0. The fraction of sp³-hybridized carbons (Fsp3) is 0.462. The molecule has 0 fully saturated rings. The van der Waals surface area contributed by atoms with Crippen LogP contribution >= 0.6 is 0 Å². The van der Waals surface area contributed by atoms with Gasteiger partial charge >= 0.3 is 5.97 Å². The second-order valence-electron chi connectivity index (χ2n) is 4.43. The zero-order valence-electron chi connectivity index (χ0n) is 12.1. The smallest absolute Gasteiger partial charge is 0.321 e. The maximum atomic E-state index is 12.7. The average molecular weight is 300 g/mol. The SMILES string of the molecule is CCN(CC(=O)OC)S(=O)(=O)c1c(C)ccc(N)c1C. The molecule has 0 spiro atoms. The van der Waals surface area contributed by atoms with Gasteiger partial charge in [0.05, 0.1) is 12.0 Å². The molecule has 0 saturated carbocycles. The Bertz CT molecular complexity index is 611. The minimum atomic E-state index is -3.79. The Morgan fingerprint density at radius 2 is 1.95 bits per heavy atom. The van der Waals surface area contributed by atoms with Gasteiger partial charge in [0.2, 0.25) is 10.0 Å². The molecule has 0 amide bonds. The van der Waals surface area contributed by atoms with Crippen molar-refractivity contribution in [3.63, 3.8) is 0 Å². The maximum Gasteiger partial charge on any atom is 0.321 e. The minimum absolute atomic E-state index is 0.156. The summed E-state index contributed by atoms with van der Waals surface area (Å²) >= 11 is 0. The van der Waals surface area contributed by atoms with Crippen molar-refractivity contribution in [2.45, 2.75) is 25.7 Å². The van der Waals surface area contributed by atoms with Crippen LogP contribution in [0, 0.1) is 13.8 Å². The zero-order valence-corrected chi connectivity index (χ0v) is 13.0. The number of anilines is 1. The van der Waals surface area contributed by atoms with Gasteiger partial charge in [0.25, 0.3) is 0 Å². The fourth-order valence-corrected chi connectivity index (χ4v) is 3.80. The number of carbonyl (C=O) groups is 1. The molecular formula is C13H20N2O4S. The summed E-state index contributed by atoms with van der Waals surface area (Å²) in [6.45, 7) is 4.87. The van der Waals surface area contributed by atoms with Crippen molar-refractivity contribution >= 4 is 21.7 Å². The summed E-state index contributed by atoms with van der Waals surface area (Å²) in [5.74, 6) is -0.602. The lowest BCUT2D eigenvalue weighted by Gasteiger charge is -2.22. The first-order valence-electron chi connectivity index (χ1n) is 6.18. The second-order valence-corrected chi connectivity index (χ2v) is 6.31. The third-order valence-electron chi connectivity index (χ3n) is 3.13. The van der Waals surface area contributed by atoms with Crippen molar-refractivity contribution in [2.75, 3.05) is 25.9 Å². The molecule has 112 valence electrons. The van der Waals surface area contributed by atoms with Gasteiger partial charge in [-0.3, -0.25) is 4.79 Å². The Hall–Kier alpha value is -1.60. The highest BCUT2D eigenvalue weighted by molar-refractivity contribution is 7.89. The van der Waals surface area contributed by atoms with Crippen molar-refractivity contribution in [3.05, 3.63) is 23.3 Å². The predicted molar refractivity (Wildman–Crippen MR) is 76.8 cm³/mol. The average Bonchev–Trinajstić information content (AvgIpc) is 2.39. The molecule has 0 unspecified atom stereocenters. The van der Waals surface area contributed by atoms with Crippen molar-refractivity contribution in [1.82, 2.24) is 4.31 Å². The van der Waals surface area contributed by atoms with Gasteiger partial charge in [-0.25, -0.2) is 8.42 Å². The number of esters is 1. The molecule has 0 atom stereocenters. The highest BCUT2D eigenvalue weighted by Crippen LogP contribution is 2.27. The highest BCUT2D eigenvalue weighted by atomic mass is 32.2. The van der Waals surface area contributed by atoms with E-state index in [9.17, 15) is 13.2 Å². The lowest BCUT2D eigenvalue weighted by atomic mass is 10.1. The number of benzene rings is 1. The van der Waals surface area contributed by atoms with Gasteiger partial charge in [0.1, 0.15) is 6.54 Å². The number of aryl methyl sites for hydroxylation is 1. The predicted octanol–water partition coefficient (Wildman–Crippen LogP) is 1.07. The van der Waals surface area contributed by atoms with Crippen LogP contribution < -0.4 is 5.73 Å². The maximum absolute atomic E-state index is 12.7. The van der Waals surface area contributed by atoms with Crippen LogP contribution in [-0.2, 0) is 19.6 Å². The Balaban J connectivity index is 3.35. The molecule has 7 heteroatoms. The van der Waals surface area contributed by atoms with Crippen molar-refractivity contribution in [2.24, 2.45) is 0 Å². The Kier molecular flexibility index (Phi) is 5.13. The number of rotatable bonds is 5. The Labute approximate surface area is 119 Å². The largest absolute Gasteiger partial charge is 0.468 e. The standard InChI is InChI=1S/C13H20N2O4S/c1-5-15(8-12(16)19-4)20(17,18)13-9(2)6-7-11(14)10(13)3/h6-7H,5,8,14H2,1-4H3. The van der Waals surface area contributed by atoms with Crippen LogP contribution in [0.15, 0.2) is 17.0 Å². The quantitative estimate of drug-likeness (QED) is 0.649. The number of nitrogen functional groups attached to an aromatic ring is 1. The normalized spacial score (nSPS) is 11.7. The van der Waals surface area contributed by atoms with Crippen LogP contribution in [0.2, 0.25) is 0 Å². The van der Waals surface area contributed by atoms with E-state index in [1.54, 1.807) is 32.9 Å². The van der Waals surface area contributed by atoms with Gasteiger partial charge in [0, 0.05) is 12.2 Å². The topological polar surface area (TPSA) is 89.7 Å². The molecule has 1 rings (SSSR count). The van der Waals surface area contributed by atoms with Gasteiger partial charge < -0.3 is 10.5 Å².